The first-order chi connectivity index (χ1) is 6.89. The van der Waals surface area contributed by atoms with Crippen molar-refractivity contribution in [2.24, 2.45) is 0 Å². The number of rotatable bonds is 0. The summed E-state index contributed by atoms with van der Waals surface area (Å²) in [6.45, 7) is 1.65. The van der Waals surface area contributed by atoms with Crippen LogP contribution in [0.5, 0.6) is 0 Å². The van der Waals surface area contributed by atoms with Crippen LogP contribution < -0.4 is 0 Å². The molecule has 0 atom stereocenters. The molecule has 0 saturated carbocycles. The van der Waals surface area contributed by atoms with Crippen LogP contribution in [0.25, 0.3) is 10.9 Å². The molecule has 0 N–H and O–H groups in total. The van der Waals surface area contributed by atoms with Crippen molar-refractivity contribution < 1.29 is 13.2 Å². The lowest BCUT2D eigenvalue weighted by atomic mass is 10.1. The molecule has 0 fully saturated rings. The Morgan fingerprint density at radius 2 is 2.00 bits per heavy atom. The molecule has 0 spiro atoms. The lowest BCUT2D eigenvalue weighted by Gasteiger charge is -2.08. The van der Waals surface area contributed by atoms with Gasteiger partial charge in [-0.05, 0) is 24.6 Å². The molecule has 0 aliphatic rings. The molecule has 2 nitrogen and oxygen atoms in total. The fraction of sp³-hybridized carbons (Fsp3) is 0.222. The standard InChI is InChI=1S/C9H6F3IN2/c1-5-2-6(9(10,11)12)3-8-7(5)4-14-15(8)13/h2-4H,1H3. The maximum atomic E-state index is 12.5. The van der Waals surface area contributed by atoms with E-state index in [1.54, 1.807) is 13.1 Å². The minimum atomic E-state index is -4.31. The van der Waals surface area contributed by atoms with Crippen molar-refractivity contribution in [2.75, 3.05) is 0 Å². The number of aromatic nitrogens is 2. The van der Waals surface area contributed by atoms with Crippen LogP contribution in [0.1, 0.15) is 11.1 Å². The Morgan fingerprint density at radius 3 is 2.60 bits per heavy atom. The Labute approximate surface area is 97.6 Å². The van der Waals surface area contributed by atoms with Gasteiger partial charge in [-0.15, -0.1) is 0 Å². The fourth-order valence-electron chi connectivity index (χ4n) is 1.43. The third-order valence-electron chi connectivity index (χ3n) is 2.18. The van der Waals surface area contributed by atoms with E-state index in [2.05, 4.69) is 5.10 Å². The highest BCUT2D eigenvalue weighted by Gasteiger charge is 2.31. The van der Waals surface area contributed by atoms with E-state index in [0.29, 0.717) is 11.1 Å². The molecule has 0 aliphatic carbocycles. The van der Waals surface area contributed by atoms with E-state index in [1.165, 1.54) is 2.90 Å². The minimum absolute atomic E-state index is 0.489. The van der Waals surface area contributed by atoms with Gasteiger partial charge >= 0.3 is 6.18 Å². The average molecular weight is 326 g/mol. The van der Waals surface area contributed by atoms with E-state index < -0.39 is 11.7 Å². The summed E-state index contributed by atoms with van der Waals surface area (Å²) in [4.78, 5) is 0. The molecule has 0 saturated heterocycles. The molecule has 1 aromatic heterocycles. The number of alkyl halides is 3. The average Bonchev–Trinajstić information content (AvgIpc) is 2.47. The lowest BCUT2D eigenvalue weighted by molar-refractivity contribution is -0.137. The highest BCUT2D eigenvalue weighted by atomic mass is 127. The van der Waals surface area contributed by atoms with Crippen LogP contribution in [0.4, 0.5) is 13.2 Å². The third-order valence-corrected chi connectivity index (χ3v) is 2.95. The number of benzene rings is 1. The van der Waals surface area contributed by atoms with Gasteiger partial charge in [0.05, 0.1) is 40.1 Å². The predicted octanol–water partition coefficient (Wildman–Crippen LogP) is 3.56. The van der Waals surface area contributed by atoms with Crippen molar-refractivity contribution >= 4 is 33.8 Å². The van der Waals surface area contributed by atoms with Crippen LogP contribution in [0.15, 0.2) is 18.3 Å². The van der Waals surface area contributed by atoms with Crippen molar-refractivity contribution in [3.8, 4) is 0 Å². The molecular formula is C9H6F3IN2. The molecule has 2 rings (SSSR count). The van der Waals surface area contributed by atoms with Crippen molar-refractivity contribution in [3.63, 3.8) is 0 Å². The van der Waals surface area contributed by atoms with Gasteiger partial charge in [0.2, 0.25) is 0 Å². The third kappa shape index (κ3) is 1.82. The molecule has 1 heterocycles. The minimum Gasteiger partial charge on any atom is -0.204 e. The van der Waals surface area contributed by atoms with Crippen LogP contribution in [0.3, 0.4) is 0 Å². The smallest absolute Gasteiger partial charge is 0.204 e. The van der Waals surface area contributed by atoms with Crippen molar-refractivity contribution in [3.05, 3.63) is 29.5 Å². The van der Waals surface area contributed by atoms with Crippen molar-refractivity contribution in [1.29, 1.82) is 0 Å². The first kappa shape index (κ1) is 10.7. The van der Waals surface area contributed by atoms with Gasteiger partial charge in [0.1, 0.15) is 0 Å². The summed E-state index contributed by atoms with van der Waals surface area (Å²) in [6.07, 6.45) is -2.74. The van der Waals surface area contributed by atoms with Crippen molar-refractivity contribution in [1.82, 2.24) is 7.99 Å². The molecule has 80 valence electrons. The monoisotopic (exact) mass is 326 g/mol. The summed E-state index contributed by atoms with van der Waals surface area (Å²) < 4.78 is 38.9. The van der Waals surface area contributed by atoms with Gasteiger partial charge in [0.25, 0.3) is 0 Å². The van der Waals surface area contributed by atoms with Gasteiger partial charge < -0.3 is 0 Å². The Bertz CT molecular complexity index is 516. The molecular weight excluding hydrogens is 320 g/mol. The molecule has 1 aromatic carbocycles. The van der Waals surface area contributed by atoms with Gasteiger partial charge in [-0.25, -0.2) is 2.90 Å². The van der Waals surface area contributed by atoms with E-state index >= 15 is 0 Å². The van der Waals surface area contributed by atoms with E-state index in [9.17, 15) is 13.2 Å². The van der Waals surface area contributed by atoms with Gasteiger partial charge in [0.15, 0.2) is 0 Å². The number of nitrogens with zero attached hydrogens (tertiary/aromatic N) is 2. The number of aryl methyl sites for hydroxylation is 1. The molecule has 2 aromatic rings. The summed E-state index contributed by atoms with van der Waals surface area (Å²) in [5, 5.41) is 4.66. The zero-order chi connectivity index (χ0) is 11.2. The molecule has 0 unspecified atom stereocenters. The second kappa shape index (κ2) is 3.36. The second-order valence-corrected chi connectivity index (χ2v) is 4.14. The molecule has 6 heteroatoms. The summed E-state index contributed by atoms with van der Waals surface area (Å²) >= 11 is 1.85. The first-order valence-corrected chi connectivity index (χ1v) is 5.08. The molecule has 15 heavy (non-hydrogen) atoms. The van der Waals surface area contributed by atoms with Crippen LogP contribution >= 0.6 is 22.9 Å². The van der Waals surface area contributed by atoms with Gasteiger partial charge in [-0.2, -0.15) is 18.3 Å². The Balaban J connectivity index is 2.76. The SMILES string of the molecule is Cc1cc(C(F)(F)F)cc2c1cnn2I. The first-order valence-electron chi connectivity index (χ1n) is 4.11. The van der Waals surface area contributed by atoms with E-state index in [1.807, 2.05) is 22.9 Å². The Morgan fingerprint density at radius 1 is 1.33 bits per heavy atom. The summed E-state index contributed by atoms with van der Waals surface area (Å²) in [7, 11) is 0. The maximum absolute atomic E-state index is 12.5. The van der Waals surface area contributed by atoms with Gasteiger partial charge in [0, 0.05) is 5.39 Å². The zero-order valence-corrected chi connectivity index (χ0v) is 9.80. The van der Waals surface area contributed by atoms with Gasteiger partial charge in [-0.1, -0.05) is 0 Å². The quantitative estimate of drug-likeness (QED) is 0.677. The second-order valence-electron chi connectivity index (χ2n) is 3.23. The number of halogens is 4. The fourth-order valence-corrected chi connectivity index (χ4v) is 1.96. The molecule has 0 amide bonds. The normalized spacial score (nSPS) is 12.3. The predicted molar refractivity (Wildman–Crippen MR) is 58.9 cm³/mol. The van der Waals surface area contributed by atoms with Crippen LogP contribution in [0.2, 0.25) is 0 Å². The summed E-state index contributed by atoms with van der Waals surface area (Å²) in [5.74, 6) is 0. The molecule has 0 aliphatic heterocycles. The zero-order valence-electron chi connectivity index (χ0n) is 7.64. The number of hydrogen-bond donors (Lipinski definition) is 0. The molecule has 0 radical (unpaired) electrons. The van der Waals surface area contributed by atoms with E-state index in [-0.39, 0.29) is 0 Å². The van der Waals surface area contributed by atoms with E-state index in [4.69, 9.17) is 0 Å². The number of hydrogen-bond acceptors (Lipinski definition) is 1. The Kier molecular flexibility index (Phi) is 2.40. The highest BCUT2D eigenvalue weighted by molar-refractivity contribution is 14.1. The summed E-state index contributed by atoms with van der Waals surface area (Å²) in [6, 6.07) is 2.25. The van der Waals surface area contributed by atoms with Gasteiger partial charge in [-0.3, -0.25) is 0 Å². The highest BCUT2D eigenvalue weighted by Crippen LogP contribution is 2.33. The Hall–Kier alpha value is -0.790. The maximum Gasteiger partial charge on any atom is 0.416 e. The van der Waals surface area contributed by atoms with Crippen LogP contribution in [0, 0.1) is 6.92 Å². The topological polar surface area (TPSA) is 17.8 Å². The summed E-state index contributed by atoms with van der Waals surface area (Å²) in [5.41, 5.74) is 0.441. The number of fused-ring (bicyclic) bond motifs is 1. The largest absolute Gasteiger partial charge is 0.416 e. The van der Waals surface area contributed by atoms with Crippen molar-refractivity contribution in [2.45, 2.75) is 13.1 Å². The van der Waals surface area contributed by atoms with E-state index in [0.717, 1.165) is 17.5 Å². The lowest BCUT2D eigenvalue weighted by Crippen LogP contribution is -2.05. The molecule has 0 bridgehead atoms. The van der Waals surface area contributed by atoms with Crippen LogP contribution in [-0.2, 0) is 6.18 Å². The van der Waals surface area contributed by atoms with Crippen LogP contribution in [-0.4, -0.2) is 7.99 Å².